The first-order chi connectivity index (χ1) is 9.65. The highest BCUT2D eigenvalue weighted by molar-refractivity contribution is 6.31. The third kappa shape index (κ3) is 3.04. The highest BCUT2D eigenvalue weighted by Crippen LogP contribution is 2.27. The third-order valence-electron chi connectivity index (χ3n) is 3.12. The molecular formula is C16H15ClN2O. The van der Waals surface area contributed by atoms with Gasteiger partial charge < -0.3 is 10.1 Å². The van der Waals surface area contributed by atoms with E-state index in [2.05, 4.69) is 11.4 Å². The number of rotatable bonds is 4. The number of benzene rings is 2. The predicted octanol–water partition coefficient (Wildman–Crippen LogP) is 4.14. The minimum atomic E-state index is 0.540. The Balaban J connectivity index is 2.23. The largest absolute Gasteiger partial charge is 0.496 e. The van der Waals surface area contributed by atoms with E-state index in [1.165, 1.54) is 0 Å². The lowest BCUT2D eigenvalue weighted by atomic mass is 10.1. The number of nitrogens with one attached hydrogen (secondary N) is 1. The van der Waals surface area contributed by atoms with Crippen LogP contribution in [-0.2, 0) is 6.54 Å². The monoisotopic (exact) mass is 286 g/mol. The van der Waals surface area contributed by atoms with Crippen molar-refractivity contribution in [3.63, 3.8) is 0 Å². The Bertz CT molecular complexity index is 662. The number of nitrogens with zero attached hydrogens (tertiary/aromatic N) is 1. The molecule has 20 heavy (non-hydrogen) atoms. The number of hydrogen-bond donors (Lipinski definition) is 1. The average Bonchev–Trinajstić information content (AvgIpc) is 2.47. The van der Waals surface area contributed by atoms with Gasteiger partial charge in [0, 0.05) is 22.8 Å². The van der Waals surface area contributed by atoms with Crippen LogP contribution in [0.3, 0.4) is 0 Å². The van der Waals surface area contributed by atoms with E-state index in [9.17, 15) is 0 Å². The van der Waals surface area contributed by atoms with E-state index in [0.717, 1.165) is 22.6 Å². The Labute approximate surface area is 123 Å². The Hall–Kier alpha value is -2.18. The van der Waals surface area contributed by atoms with Crippen LogP contribution in [-0.4, -0.2) is 7.11 Å². The molecular weight excluding hydrogens is 272 g/mol. The summed E-state index contributed by atoms with van der Waals surface area (Å²) in [5, 5.41) is 12.9. The fourth-order valence-electron chi connectivity index (χ4n) is 1.97. The van der Waals surface area contributed by atoms with Crippen LogP contribution in [0.25, 0.3) is 0 Å². The summed E-state index contributed by atoms with van der Waals surface area (Å²) < 4.78 is 5.31. The van der Waals surface area contributed by atoms with Crippen LogP contribution < -0.4 is 10.1 Å². The van der Waals surface area contributed by atoms with Gasteiger partial charge in [0.15, 0.2) is 0 Å². The van der Waals surface area contributed by atoms with Crippen LogP contribution >= 0.6 is 11.6 Å². The number of aryl methyl sites for hydroxylation is 1. The maximum atomic E-state index is 8.95. The van der Waals surface area contributed by atoms with Gasteiger partial charge in [-0.1, -0.05) is 23.7 Å². The van der Waals surface area contributed by atoms with Crippen molar-refractivity contribution in [3.05, 3.63) is 58.1 Å². The topological polar surface area (TPSA) is 45.0 Å². The zero-order chi connectivity index (χ0) is 14.5. The summed E-state index contributed by atoms with van der Waals surface area (Å²) in [5.74, 6) is 0.749. The molecule has 0 saturated carbocycles. The van der Waals surface area contributed by atoms with Crippen molar-refractivity contribution in [2.24, 2.45) is 0 Å². The molecule has 0 aliphatic carbocycles. The molecule has 0 aliphatic heterocycles. The second kappa shape index (κ2) is 6.31. The van der Waals surface area contributed by atoms with Crippen LogP contribution in [0.4, 0.5) is 5.69 Å². The summed E-state index contributed by atoms with van der Waals surface area (Å²) >= 11 is 6.20. The van der Waals surface area contributed by atoms with Crippen LogP contribution in [0.2, 0.25) is 5.02 Å². The van der Waals surface area contributed by atoms with Gasteiger partial charge in [-0.2, -0.15) is 5.26 Å². The molecule has 0 aliphatic rings. The van der Waals surface area contributed by atoms with Gasteiger partial charge in [-0.15, -0.1) is 0 Å². The van der Waals surface area contributed by atoms with E-state index < -0.39 is 0 Å². The number of ether oxygens (including phenoxy) is 1. The minimum absolute atomic E-state index is 0.540. The van der Waals surface area contributed by atoms with E-state index in [-0.39, 0.29) is 0 Å². The summed E-state index contributed by atoms with van der Waals surface area (Å²) in [6.07, 6.45) is 0. The maximum Gasteiger partial charge on any atom is 0.125 e. The molecule has 4 heteroatoms. The van der Waals surface area contributed by atoms with E-state index in [1.807, 2.05) is 37.3 Å². The molecule has 0 aromatic heterocycles. The normalized spacial score (nSPS) is 9.90. The summed E-state index contributed by atoms with van der Waals surface area (Å²) in [6, 6.07) is 13.3. The van der Waals surface area contributed by atoms with Gasteiger partial charge in [0.05, 0.1) is 18.7 Å². The fourth-order valence-corrected chi connectivity index (χ4v) is 2.20. The molecule has 1 N–H and O–H groups in total. The van der Waals surface area contributed by atoms with Crippen LogP contribution in [0.15, 0.2) is 36.4 Å². The Morgan fingerprint density at radius 1 is 1.30 bits per heavy atom. The second-order valence-electron chi connectivity index (χ2n) is 4.42. The third-order valence-corrected chi connectivity index (χ3v) is 3.47. The number of methoxy groups -OCH3 is 1. The number of anilines is 1. The quantitative estimate of drug-likeness (QED) is 0.919. The average molecular weight is 287 g/mol. The maximum absolute atomic E-state index is 8.95. The number of nitriles is 1. The molecule has 0 atom stereocenters. The Morgan fingerprint density at radius 2 is 2.10 bits per heavy atom. The highest BCUT2D eigenvalue weighted by atomic mass is 35.5. The Kier molecular flexibility index (Phi) is 4.49. The zero-order valence-corrected chi connectivity index (χ0v) is 12.2. The molecule has 0 radical (unpaired) electrons. The Morgan fingerprint density at radius 3 is 2.80 bits per heavy atom. The highest BCUT2D eigenvalue weighted by Gasteiger charge is 2.08. The molecule has 0 fully saturated rings. The molecule has 2 aromatic rings. The van der Waals surface area contributed by atoms with Gasteiger partial charge >= 0.3 is 0 Å². The van der Waals surface area contributed by atoms with E-state index in [4.69, 9.17) is 21.6 Å². The standard InChI is InChI=1S/C16H15ClN2O/c1-11-6-7-12(9-18)8-15(11)19-10-13-14(17)4-3-5-16(13)20-2/h3-8,19H,10H2,1-2H3. The first-order valence-electron chi connectivity index (χ1n) is 6.21. The molecule has 2 aromatic carbocycles. The van der Waals surface area contributed by atoms with Crippen LogP contribution in [0, 0.1) is 18.3 Å². The lowest BCUT2D eigenvalue weighted by molar-refractivity contribution is 0.410. The number of hydrogen-bond acceptors (Lipinski definition) is 3. The molecule has 0 saturated heterocycles. The zero-order valence-electron chi connectivity index (χ0n) is 11.4. The van der Waals surface area contributed by atoms with E-state index >= 15 is 0 Å². The van der Waals surface area contributed by atoms with Crippen LogP contribution in [0.5, 0.6) is 5.75 Å². The second-order valence-corrected chi connectivity index (χ2v) is 4.82. The summed E-state index contributed by atoms with van der Waals surface area (Å²) in [5.41, 5.74) is 3.53. The molecule has 102 valence electrons. The molecule has 3 nitrogen and oxygen atoms in total. The molecule has 2 rings (SSSR count). The van der Waals surface area contributed by atoms with Crippen molar-refractivity contribution in [2.75, 3.05) is 12.4 Å². The van der Waals surface area contributed by atoms with Gasteiger partial charge in [0.1, 0.15) is 5.75 Å². The van der Waals surface area contributed by atoms with Gasteiger partial charge in [0.2, 0.25) is 0 Å². The molecule has 0 spiro atoms. The van der Waals surface area contributed by atoms with Crippen molar-refractivity contribution < 1.29 is 4.74 Å². The smallest absolute Gasteiger partial charge is 0.125 e. The molecule has 0 heterocycles. The summed E-state index contributed by atoms with van der Waals surface area (Å²) in [6.45, 7) is 2.53. The van der Waals surface area contributed by atoms with Crippen LogP contribution in [0.1, 0.15) is 16.7 Å². The van der Waals surface area contributed by atoms with Crippen molar-refractivity contribution in [1.29, 1.82) is 5.26 Å². The van der Waals surface area contributed by atoms with E-state index in [1.54, 1.807) is 13.2 Å². The molecule has 0 unspecified atom stereocenters. The van der Waals surface area contributed by atoms with Crippen molar-refractivity contribution >= 4 is 17.3 Å². The van der Waals surface area contributed by atoms with Gasteiger partial charge in [-0.05, 0) is 36.8 Å². The van der Waals surface area contributed by atoms with Crippen molar-refractivity contribution in [3.8, 4) is 11.8 Å². The molecule has 0 amide bonds. The lowest BCUT2D eigenvalue weighted by Crippen LogP contribution is -2.04. The SMILES string of the molecule is COc1cccc(Cl)c1CNc1cc(C#N)ccc1C. The first-order valence-corrected chi connectivity index (χ1v) is 6.59. The van der Waals surface area contributed by atoms with E-state index in [0.29, 0.717) is 17.1 Å². The minimum Gasteiger partial charge on any atom is -0.496 e. The predicted molar refractivity (Wildman–Crippen MR) is 81.2 cm³/mol. The lowest BCUT2D eigenvalue weighted by Gasteiger charge is -2.13. The number of halogens is 1. The van der Waals surface area contributed by atoms with Crippen molar-refractivity contribution in [1.82, 2.24) is 0 Å². The summed E-state index contributed by atoms with van der Waals surface area (Å²) in [7, 11) is 1.62. The van der Waals surface area contributed by atoms with Gasteiger partial charge in [-0.25, -0.2) is 0 Å². The van der Waals surface area contributed by atoms with Gasteiger partial charge in [0.25, 0.3) is 0 Å². The fraction of sp³-hybridized carbons (Fsp3) is 0.188. The molecule has 0 bridgehead atoms. The summed E-state index contributed by atoms with van der Waals surface area (Å²) in [4.78, 5) is 0. The van der Waals surface area contributed by atoms with Gasteiger partial charge in [-0.3, -0.25) is 0 Å². The first kappa shape index (κ1) is 14.2. The van der Waals surface area contributed by atoms with Crippen molar-refractivity contribution in [2.45, 2.75) is 13.5 Å².